The lowest BCUT2D eigenvalue weighted by Crippen LogP contribution is -2.50. The Labute approximate surface area is 193 Å². The summed E-state index contributed by atoms with van der Waals surface area (Å²) in [7, 11) is 0. The molecule has 0 radical (unpaired) electrons. The highest BCUT2D eigenvalue weighted by Crippen LogP contribution is 2.55. The monoisotopic (exact) mass is 469 g/mol. The van der Waals surface area contributed by atoms with E-state index in [1.54, 1.807) is 6.08 Å². The second-order valence-corrected chi connectivity index (χ2v) is 9.71. The molecule has 0 aliphatic heterocycles. The van der Waals surface area contributed by atoms with E-state index in [1.807, 2.05) is 6.08 Å². The van der Waals surface area contributed by atoms with Crippen LogP contribution in [0.3, 0.4) is 0 Å². The molecule has 3 aliphatic rings. The number of carbonyl (C=O) groups excluding carboxylic acids is 1. The Balaban J connectivity index is 1.82. The number of carbonyl (C=O) groups is 1. The lowest BCUT2D eigenvalue weighted by Gasteiger charge is -2.41. The third-order valence-electron chi connectivity index (χ3n) is 7.34. The Hall–Kier alpha value is -1.90. The molecule has 0 spiro atoms. The average Bonchev–Trinajstić information content (AvgIpc) is 3.04. The van der Waals surface area contributed by atoms with Gasteiger partial charge in [0.1, 0.15) is 6.54 Å². The number of nitrogens with zero attached hydrogens (tertiary/aromatic N) is 1. The van der Waals surface area contributed by atoms with Crippen LogP contribution in [0, 0.1) is 11.3 Å². The van der Waals surface area contributed by atoms with Crippen LogP contribution in [0.5, 0.6) is 0 Å². The standard InChI is InChI=1S/C25H34F3NO4/c1-5-20-10-11-21-18(7-6-12-23(20,21)4)8-9-19-13-24(32,14-22(31)16(19)2)33-29(17(3)30)15-25(26,27)28/h8-10,21-22,31-32H,2,5-7,11-15H2,1,3-4H3/t21-,22-,23+,24-/m0/s1. The zero-order valence-corrected chi connectivity index (χ0v) is 19.5. The quantitative estimate of drug-likeness (QED) is 0.333. The number of hydrogen-bond acceptors (Lipinski definition) is 4. The Morgan fingerprint density at radius 2 is 2.09 bits per heavy atom. The second-order valence-electron chi connectivity index (χ2n) is 9.71. The zero-order valence-electron chi connectivity index (χ0n) is 19.5. The van der Waals surface area contributed by atoms with Crippen LogP contribution in [0.1, 0.15) is 65.7 Å². The summed E-state index contributed by atoms with van der Waals surface area (Å²) in [4.78, 5) is 16.8. The topological polar surface area (TPSA) is 70.0 Å². The third-order valence-corrected chi connectivity index (χ3v) is 7.34. The largest absolute Gasteiger partial charge is 0.408 e. The summed E-state index contributed by atoms with van der Waals surface area (Å²) in [6.45, 7) is 7.66. The van der Waals surface area contributed by atoms with Gasteiger partial charge in [-0.3, -0.25) is 4.79 Å². The van der Waals surface area contributed by atoms with E-state index >= 15 is 0 Å². The van der Waals surface area contributed by atoms with Crippen molar-refractivity contribution >= 4 is 5.91 Å². The predicted molar refractivity (Wildman–Crippen MR) is 118 cm³/mol. The molecule has 8 heteroatoms. The molecule has 0 unspecified atom stereocenters. The molecule has 0 bridgehead atoms. The number of halogens is 3. The summed E-state index contributed by atoms with van der Waals surface area (Å²) >= 11 is 0. The van der Waals surface area contributed by atoms with E-state index in [0.717, 1.165) is 39.0 Å². The third kappa shape index (κ3) is 5.61. The van der Waals surface area contributed by atoms with Crippen LogP contribution in [-0.4, -0.2) is 45.8 Å². The summed E-state index contributed by atoms with van der Waals surface area (Å²) in [5.74, 6) is -2.75. The van der Waals surface area contributed by atoms with Gasteiger partial charge in [-0.15, -0.1) is 0 Å². The predicted octanol–water partition coefficient (Wildman–Crippen LogP) is 5.13. The fraction of sp³-hybridized carbons (Fsp3) is 0.640. The minimum atomic E-state index is -4.69. The highest BCUT2D eigenvalue weighted by Gasteiger charge is 2.45. The molecule has 5 nitrogen and oxygen atoms in total. The SMILES string of the molecule is C=C1C(=CC=C2CCC[C@]3(C)C(CC)=CC[C@@H]23)C[C@](O)(ON(CC(F)(F)F)C(C)=O)C[C@@H]1O. The molecule has 0 aromatic rings. The Morgan fingerprint density at radius 3 is 2.70 bits per heavy atom. The number of hydrogen-bond donors (Lipinski definition) is 2. The molecule has 0 saturated heterocycles. The first kappa shape index (κ1) is 25.7. The van der Waals surface area contributed by atoms with Gasteiger partial charge in [0.25, 0.3) is 0 Å². The van der Waals surface area contributed by atoms with E-state index in [-0.39, 0.29) is 23.3 Å². The van der Waals surface area contributed by atoms with Crippen molar-refractivity contribution in [3.8, 4) is 0 Å². The lowest BCUT2D eigenvalue weighted by molar-refractivity contribution is -0.341. The van der Waals surface area contributed by atoms with Crippen LogP contribution in [0.2, 0.25) is 0 Å². The van der Waals surface area contributed by atoms with Crippen LogP contribution in [-0.2, 0) is 9.63 Å². The van der Waals surface area contributed by atoms with Gasteiger partial charge in [0.05, 0.1) is 6.10 Å². The van der Waals surface area contributed by atoms with Gasteiger partial charge in [0, 0.05) is 19.8 Å². The van der Waals surface area contributed by atoms with Crippen LogP contribution in [0.15, 0.2) is 47.1 Å². The molecule has 4 atom stereocenters. The maximum absolute atomic E-state index is 12.8. The molecule has 0 aromatic carbocycles. The van der Waals surface area contributed by atoms with Gasteiger partial charge in [0.2, 0.25) is 5.91 Å². The minimum Gasteiger partial charge on any atom is -0.388 e. The van der Waals surface area contributed by atoms with Gasteiger partial charge in [-0.1, -0.05) is 49.8 Å². The summed E-state index contributed by atoms with van der Waals surface area (Å²) in [6.07, 6.45) is 4.84. The van der Waals surface area contributed by atoms with Crippen molar-refractivity contribution in [2.75, 3.05) is 6.54 Å². The van der Waals surface area contributed by atoms with Crippen LogP contribution in [0.25, 0.3) is 0 Å². The van der Waals surface area contributed by atoms with Crippen LogP contribution < -0.4 is 0 Å². The number of allylic oxidation sites excluding steroid dienone is 5. The first-order valence-corrected chi connectivity index (χ1v) is 11.5. The molecule has 184 valence electrons. The first-order chi connectivity index (χ1) is 15.3. The van der Waals surface area contributed by atoms with Crippen molar-refractivity contribution < 1.29 is 33.0 Å². The van der Waals surface area contributed by atoms with E-state index in [2.05, 4.69) is 26.5 Å². The molecule has 2 saturated carbocycles. The number of fused-ring (bicyclic) bond motifs is 1. The fourth-order valence-electron chi connectivity index (χ4n) is 5.60. The highest BCUT2D eigenvalue weighted by molar-refractivity contribution is 5.72. The highest BCUT2D eigenvalue weighted by atomic mass is 19.4. The smallest absolute Gasteiger partial charge is 0.388 e. The minimum absolute atomic E-state index is 0.0972. The van der Waals surface area contributed by atoms with E-state index in [4.69, 9.17) is 4.84 Å². The maximum atomic E-state index is 12.8. The fourth-order valence-corrected chi connectivity index (χ4v) is 5.60. The Bertz CT molecular complexity index is 891. The molecule has 0 aromatic heterocycles. The number of aliphatic hydroxyl groups excluding tert-OH is 1. The summed E-state index contributed by atoms with van der Waals surface area (Å²) < 4.78 is 38.5. The Kier molecular flexibility index (Phi) is 7.32. The molecule has 1 amide bonds. The Morgan fingerprint density at radius 1 is 1.39 bits per heavy atom. The number of amides is 1. The van der Waals surface area contributed by atoms with Crippen molar-refractivity contribution in [2.45, 2.75) is 83.8 Å². The average molecular weight is 470 g/mol. The van der Waals surface area contributed by atoms with E-state index in [0.29, 0.717) is 17.1 Å². The maximum Gasteiger partial charge on any atom is 0.408 e. The summed E-state index contributed by atoms with van der Waals surface area (Å²) in [5.41, 5.74) is 3.80. The second kappa shape index (κ2) is 9.39. The number of hydroxylamine groups is 2. The van der Waals surface area contributed by atoms with Crippen molar-refractivity contribution in [3.05, 3.63) is 47.1 Å². The molecule has 33 heavy (non-hydrogen) atoms. The van der Waals surface area contributed by atoms with Gasteiger partial charge in [-0.05, 0) is 54.6 Å². The van der Waals surface area contributed by atoms with Gasteiger partial charge >= 0.3 is 6.18 Å². The normalized spacial score (nSPS) is 35.0. The van der Waals surface area contributed by atoms with E-state index in [9.17, 15) is 28.2 Å². The molecule has 0 heterocycles. The zero-order chi connectivity index (χ0) is 24.6. The summed E-state index contributed by atoms with van der Waals surface area (Å²) in [5, 5.41) is 21.4. The molecule has 2 N–H and O–H groups in total. The van der Waals surface area contributed by atoms with E-state index < -0.39 is 30.5 Å². The van der Waals surface area contributed by atoms with Gasteiger partial charge < -0.3 is 10.2 Å². The van der Waals surface area contributed by atoms with Crippen LogP contribution in [0.4, 0.5) is 13.2 Å². The summed E-state index contributed by atoms with van der Waals surface area (Å²) in [6, 6.07) is 0. The number of aliphatic hydroxyl groups is 2. The molecule has 2 fully saturated rings. The van der Waals surface area contributed by atoms with Crippen molar-refractivity contribution in [1.82, 2.24) is 5.06 Å². The molecule has 3 rings (SSSR count). The molecular weight excluding hydrogens is 435 g/mol. The lowest BCUT2D eigenvalue weighted by atomic mass is 9.64. The first-order valence-electron chi connectivity index (χ1n) is 11.5. The van der Waals surface area contributed by atoms with Crippen LogP contribution >= 0.6 is 0 Å². The molecular formula is C25H34F3NO4. The van der Waals surface area contributed by atoms with Crippen molar-refractivity contribution in [2.24, 2.45) is 11.3 Å². The van der Waals surface area contributed by atoms with E-state index in [1.165, 1.54) is 11.1 Å². The van der Waals surface area contributed by atoms with Gasteiger partial charge in [-0.2, -0.15) is 13.2 Å². The van der Waals surface area contributed by atoms with Crippen molar-refractivity contribution in [1.29, 1.82) is 0 Å². The van der Waals surface area contributed by atoms with Gasteiger partial charge in [0.15, 0.2) is 5.79 Å². The van der Waals surface area contributed by atoms with Crippen molar-refractivity contribution in [3.63, 3.8) is 0 Å². The number of alkyl halides is 3. The molecule has 3 aliphatic carbocycles. The van der Waals surface area contributed by atoms with Gasteiger partial charge in [-0.25, -0.2) is 9.90 Å². The number of rotatable bonds is 5.